The van der Waals surface area contributed by atoms with Gasteiger partial charge in [0.15, 0.2) is 0 Å². The Morgan fingerprint density at radius 3 is 2.89 bits per heavy atom. The Bertz CT molecular complexity index is 309. The fraction of sp³-hybridized carbons (Fsp3) is 0.692. The second-order valence-electron chi connectivity index (χ2n) is 4.70. The average Bonchev–Trinajstić information content (AvgIpc) is 2.89. The van der Waals surface area contributed by atoms with E-state index in [4.69, 9.17) is 9.15 Å². The van der Waals surface area contributed by atoms with E-state index in [1.54, 1.807) is 12.3 Å². The number of nitrogens with one attached hydrogen (secondary N) is 1. The van der Waals surface area contributed by atoms with Crippen molar-refractivity contribution in [1.29, 1.82) is 0 Å². The van der Waals surface area contributed by atoms with Crippen LogP contribution in [0.3, 0.4) is 0 Å². The van der Waals surface area contributed by atoms with E-state index in [0.29, 0.717) is 13.2 Å². The van der Waals surface area contributed by atoms with Crippen LogP contribution in [0.25, 0.3) is 0 Å². The van der Waals surface area contributed by atoms with Gasteiger partial charge >= 0.3 is 0 Å². The summed E-state index contributed by atoms with van der Waals surface area (Å²) in [5, 5.41) is 22.1. The van der Waals surface area contributed by atoms with Gasteiger partial charge in [0.1, 0.15) is 12.4 Å². The Morgan fingerprint density at radius 2 is 2.33 bits per heavy atom. The molecule has 2 atom stereocenters. The summed E-state index contributed by atoms with van der Waals surface area (Å²) in [6.07, 6.45) is 1.78. The van der Waals surface area contributed by atoms with Gasteiger partial charge in [-0.15, -0.1) is 0 Å². The predicted octanol–water partition coefficient (Wildman–Crippen LogP) is 0.908. The molecule has 1 aromatic rings. The van der Waals surface area contributed by atoms with Crippen LogP contribution < -0.4 is 5.32 Å². The van der Waals surface area contributed by atoms with E-state index >= 15 is 0 Å². The fourth-order valence-corrected chi connectivity index (χ4v) is 1.41. The highest BCUT2D eigenvalue weighted by molar-refractivity contribution is 4.96. The van der Waals surface area contributed by atoms with E-state index < -0.39 is 6.10 Å². The van der Waals surface area contributed by atoms with E-state index in [-0.39, 0.29) is 18.8 Å². The minimum Gasteiger partial charge on any atom is -0.467 e. The van der Waals surface area contributed by atoms with Crippen LogP contribution in [0.1, 0.15) is 26.0 Å². The summed E-state index contributed by atoms with van der Waals surface area (Å²) in [6.45, 7) is 4.94. The SMILES string of the molecule is CCC(C)(CO)NCC(O)COCc1ccco1. The monoisotopic (exact) mass is 257 g/mol. The molecule has 0 saturated heterocycles. The van der Waals surface area contributed by atoms with Crippen LogP contribution in [0, 0.1) is 0 Å². The first-order valence-electron chi connectivity index (χ1n) is 6.23. The number of aliphatic hydroxyl groups excluding tert-OH is 2. The third-order valence-corrected chi connectivity index (χ3v) is 3.03. The van der Waals surface area contributed by atoms with Crippen molar-refractivity contribution in [2.24, 2.45) is 0 Å². The molecule has 0 aromatic carbocycles. The van der Waals surface area contributed by atoms with Crippen LogP contribution in [0.2, 0.25) is 0 Å². The second kappa shape index (κ2) is 7.53. The highest BCUT2D eigenvalue weighted by Gasteiger charge is 2.21. The third kappa shape index (κ3) is 5.18. The molecule has 3 N–H and O–H groups in total. The normalized spacial score (nSPS) is 16.4. The lowest BCUT2D eigenvalue weighted by Gasteiger charge is -2.28. The van der Waals surface area contributed by atoms with Gasteiger partial charge in [-0.1, -0.05) is 6.92 Å². The van der Waals surface area contributed by atoms with E-state index in [9.17, 15) is 10.2 Å². The van der Waals surface area contributed by atoms with Gasteiger partial charge in [-0.05, 0) is 25.5 Å². The molecular weight excluding hydrogens is 234 g/mol. The van der Waals surface area contributed by atoms with Gasteiger partial charge in [0.25, 0.3) is 0 Å². The Kier molecular flexibility index (Phi) is 6.35. The van der Waals surface area contributed by atoms with Gasteiger partial charge in [0, 0.05) is 12.1 Å². The van der Waals surface area contributed by atoms with Crippen molar-refractivity contribution in [3.05, 3.63) is 24.2 Å². The molecule has 5 nitrogen and oxygen atoms in total. The molecule has 0 bridgehead atoms. The first-order valence-corrected chi connectivity index (χ1v) is 6.23. The quantitative estimate of drug-likeness (QED) is 0.613. The van der Waals surface area contributed by atoms with E-state index in [1.165, 1.54) is 0 Å². The number of rotatable bonds is 9. The van der Waals surface area contributed by atoms with E-state index in [1.807, 2.05) is 19.9 Å². The maximum absolute atomic E-state index is 9.73. The lowest BCUT2D eigenvalue weighted by molar-refractivity contribution is 0.0170. The predicted molar refractivity (Wildman–Crippen MR) is 68.2 cm³/mol. The smallest absolute Gasteiger partial charge is 0.129 e. The number of furan rings is 1. The highest BCUT2D eigenvalue weighted by atomic mass is 16.5. The lowest BCUT2D eigenvalue weighted by Crippen LogP contribution is -2.48. The zero-order valence-electron chi connectivity index (χ0n) is 11.1. The van der Waals surface area contributed by atoms with Crippen LogP contribution >= 0.6 is 0 Å². The van der Waals surface area contributed by atoms with Crippen LogP contribution in [-0.4, -0.2) is 41.6 Å². The second-order valence-corrected chi connectivity index (χ2v) is 4.70. The molecule has 0 amide bonds. The Hall–Kier alpha value is -0.880. The molecule has 0 aliphatic carbocycles. The standard InChI is InChI=1S/C13H23NO4/c1-3-13(2,10-15)14-7-11(16)8-17-9-12-5-4-6-18-12/h4-6,11,14-16H,3,7-10H2,1-2H3. The maximum Gasteiger partial charge on any atom is 0.129 e. The number of hydrogen-bond acceptors (Lipinski definition) is 5. The lowest BCUT2D eigenvalue weighted by atomic mass is 10.0. The zero-order chi connectivity index (χ0) is 13.4. The van der Waals surface area contributed by atoms with Crippen molar-refractivity contribution in [3.63, 3.8) is 0 Å². The number of β-amino-alcohol motifs (C(OH)–C–C–N with tert-alkyl or cyclic N) is 1. The van der Waals surface area contributed by atoms with Crippen LogP contribution in [-0.2, 0) is 11.3 Å². The molecule has 2 unspecified atom stereocenters. The molecular formula is C13H23NO4. The van der Waals surface area contributed by atoms with Crippen molar-refractivity contribution in [3.8, 4) is 0 Å². The maximum atomic E-state index is 9.73. The molecule has 0 aliphatic rings. The molecule has 1 heterocycles. The van der Waals surface area contributed by atoms with E-state index in [2.05, 4.69) is 5.32 Å². The van der Waals surface area contributed by atoms with Crippen LogP contribution in [0.15, 0.2) is 22.8 Å². The number of aliphatic hydroxyl groups is 2. The Balaban J connectivity index is 2.15. The summed E-state index contributed by atoms with van der Waals surface area (Å²) >= 11 is 0. The summed E-state index contributed by atoms with van der Waals surface area (Å²) in [6, 6.07) is 3.62. The van der Waals surface area contributed by atoms with Gasteiger partial charge in [0.2, 0.25) is 0 Å². The van der Waals surface area contributed by atoms with Crippen molar-refractivity contribution < 1.29 is 19.4 Å². The summed E-state index contributed by atoms with van der Waals surface area (Å²) in [5.41, 5.74) is -0.345. The summed E-state index contributed by atoms with van der Waals surface area (Å²) in [7, 11) is 0. The van der Waals surface area contributed by atoms with Gasteiger partial charge in [0.05, 0.1) is 25.6 Å². The summed E-state index contributed by atoms with van der Waals surface area (Å²) < 4.78 is 10.4. The molecule has 1 rings (SSSR count). The third-order valence-electron chi connectivity index (χ3n) is 3.03. The molecule has 1 aromatic heterocycles. The molecule has 5 heteroatoms. The van der Waals surface area contributed by atoms with Crippen molar-refractivity contribution in [1.82, 2.24) is 5.32 Å². The van der Waals surface area contributed by atoms with Gasteiger partial charge in [-0.3, -0.25) is 0 Å². The first-order chi connectivity index (χ1) is 8.59. The first kappa shape index (κ1) is 15.2. The highest BCUT2D eigenvalue weighted by Crippen LogP contribution is 2.07. The number of ether oxygens (including phenoxy) is 1. The minimum atomic E-state index is -0.600. The van der Waals surface area contributed by atoms with E-state index in [0.717, 1.165) is 12.2 Å². The zero-order valence-corrected chi connectivity index (χ0v) is 11.1. The van der Waals surface area contributed by atoms with Crippen LogP contribution in [0.5, 0.6) is 0 Å². The largest absolute Gasteiger partial charge is 0.467 e. The van der Waals surface area contributed by atoms with Crippen LogP contribution in [0.4, 0.5) is 0 Å². The summed E-state index contributed by atoms with van der Waals surface area (Å²) in [5.74, 6) is 0.740. The molecule has 0 radical (unpaired) electrons. The Labute approximate surface area is 108 Å². The summed E-state index contributed by atoms with van der Waals surface area (Å²) in [4.78, 5) is 0. The molecule has 104 valence electrons. The molecule has 0 aliphatic heterocycles. The number of hydrogen-bond donors (Lipinski definition) is 3. The Morgan fingerprint density at radius 1 is 1.56 bits per heavy atom. The molecule has 18 heavy (non-hydrogen) atoms. The molecule has 0 fully saturated rings. The van der Waals surface area contributed by atoms with Gasteiger partial charge < -0.3 is 24.7 Å². The van der Waals surface area contributed by atoms with Crippen molar-refractivity contribution in [2.75, 3.05) is 19.8 Å². The van der Waals surface area contributed by atoms with Gasteiger partial charge in [-0.2, -0.15) is 0 Å². The average molecular weight is 257 g/mol. The topological polar surface area (TPSA) is 74.9 Å². The minimum absolute atomic E-state index is 0.0451. The van der Waals surface area contributed by atoms with Gasteiger partial charge in [-0.25, -0.2) is 0 Å². The van der Waals surface area contributed by atoms with Crippen molar-refractivity contribution in [2.45, 2.75) is 38.5 Å². The van der Waals surface area contributed by atoms with Crippen molar-refractivity contribution >= 4 is 0 Å². The molecule has 0 saturated carbocycles. The molecule has 0 spiro atoms. The fourth-order valence-electron chi connectivity index (χ4n) is 1.41.